The number of rotatable bonds is 2. The van der Waals surface area contributed by atoms with Crippen LogP contribution < -0.4 is 5.43 Å². The van der Waals surface area contributed by atoms with Gasteiger partial charge in [0, 0.05) is 16.2 Å². The number of carbonyl (C=O) groups is 1. The Morgan fingerprint density at radius 2 is 1.50 bits per heavy atom. The monoisotopic (exact) mass is 386 g/mol. The van der Waals surface area contributed by atoms with Crippen molar-refractivity contribution in [2.45, 2.75) is 6.92 Å². The van der Waals surface area contributed by atoms with Gasteiger partial charge in [0.1, 0.15) is 0 Å². The minimum atomic E-state index is -0.510. The zero-order valence-electron chi connectivity index (χ0n) is 15.1. The highest BCUT2D eigenvalue weighted by Crippen LogP contribution is 2.41. The minimum Gasteiger partial charge on any atom is -0.462 e. The van der Waals surface area contributed by atoms with Crippen LogP contribution in [0.25, 0.3) is 43.1 Å². The standard InChI is InChI=1S/C24H15ClO3/c1-2-28-24(27)20-16-10-6-5-9-15-18-14-8-4-3-7-13(14)11-12-17(18)23(26)21(19(15)16)22(20)25/h3-12H,2H2,1H3. The molecule has 4 heteroatoms. The molecule has 0 aliphatic carbocycles. The molecule has 5 rings (SSSR count). The molecule has 3 nitrogen and oxygen atoms in total. The van der Waals surface area contributed by atoms with E-state index >= 15 is 0 Å². The van der Waals surface area contributed by atoms with E-state index in [-0.39, 0.29) is 22.6 Å². The molecule has 0 saturated carbocycles. The summed E-state index contributed by atoms with van der Waals surface area (Å²) in [6.45, 7) is 1.98. The van der Waals surface area contributed by atoms with Gasteiger partial charge in [-0.3, -0.25) is 4.79 Å². The van der Waals surface area contributed by atoms with E-state index in [0.29, 0.717) is 21.5 Å². The van der Waals surface area contributed by atoms with E-state index in [1.54, 1.807) is 6.92 Å². The highest BCUT2D eigenvalue weighted by atomic mass is 35.5. The Labute approximate surface area is 165 Å². The third-order valence-electron chi connectivity index (χ3n) is 5.28. The maximum atomic E-state index is 13.4. The van der Waals surface area contributed by atoms with E-state index in [2.05, 4.69) is 0 Å². The number of ether oxygens (including phenoxy) is 1. The SMILES string of the molecule is CCOC(=O)c1c(Cl)c2c(=O)c3ccc4ccccc4c3c3ccccc1c23. The average molecular weight is 387 g/mol. The third kappa shape index (κ3) is 2.17. The van der Waals surface area contributed by atoms with Crippen molar-refractivity contribution >= 4 is 60.7 Å². The van der Waals surface area contributed by atoms with E-state index in [4.69, 9.17) is 16.3 Å². The zero-order chi connectivity index (χ0) is 19.4. The summed E-state index contributed by atoms with van der Waals surface area (Å²) < 4.78 is 5.21. The first-order valence-electron chi connectivity index (χ1n) is 9.11. The van der Waals surface area contributed by atoms with Crippen molar-refractivity contribution in [3.05, 3.63) is 81.5 Å². The van der Waals surface area contributed by atoms with Crippen molar-refractivity contribution in [2.75, 3.05) is 6.61 Å². The number of esters is 1. The van der Waals surface area contributed by atoms with Crippen LogP contribution in [-0.2, 0) is 4.74 Å². The number of halogens is 1. The summed E-state index contributed by atoms with van der Waals surface area (Å²) in [5.41, 5.74) is 0.0985. The van der Waals surface area contributed by atoms with Gasteiger partial charge in [0.25, 0.3) is 0 Å². The number of fused-ring (bicyclic) bond motifs is 4. The van der Waals surface area contributed by atoms with Crippen molar-refractivity contribution in [3.63, 3.8) is 0 Å². The predicted octanol–water partition coefficient (Wildman–Crippen LogP) is 5.93. The molecule has 0 unspecified atom stereocenters. The first-order valence-corrected chi connectivity index (χ1v) is 9.49. The zero-order valence-corrected chi connectivity index (χ0v) is 15.8. The fourth-order valence-electron chi connectivity index (χ4n) is 4.16. The first-order chi connectivity index (χ1) is 13.6. The van der Waals surface area contributed by atoms with Crippen molar-refractivity contribution in [1.82, 2.24) is 0 Å². The Hall–Kier alpha value is -3.17. The Bertz CT molecular complexity index is 1470. The van der Waals surface area contributed by atoms with Gasteiger partial charge in [-0.05, 0) is 34.5 Å². The highest BCUT2D eigenvalue weighted by molar-refractivity contribution is 6.45. The van der Waals surface area contributed by atoms with Crippen LogP contribution in [0.4, 0.5) is 0 Å². The number of benzene rings is 3. The summed E-state index contributed by atoms with van der Waals surface area (Å²) in [4.78, 5) is 26.0. The normalized spacial score (nSPS) is 11.6. The van der Waals surface area contributed by atoms with Crippen molar-refractivity contribution in [2.24, 2.45) is 0 Å². The molecule has 28 heavy (non-hydrogen) atoms. The maximum absolute atomic E-state index is 13.4. The molecule has 0 heterocycles. The molecule has 0 atom stereocenters. The molecule has 0 aromatic heterocycles. The van der Waals surface area contributed by atoms with Crippen LogP contribution >= 0.6 is 11.6 Å². The van der Waals surface area contributed by atoms with E-state index in [9.17, 15) is 9.59 Å². The second-order valence-electron chi connectivity index (χ2n) is 6.74. The van der Waals surface area contributed by atoms with Gasteiger partial charge in [-0.15, -0.1) is 0 Å². The summed E-state index contributed by atoms with van der Waals surface area (Å²) in [5.74, 6) is -0.510. The molecule has 0 saturated heterocycles. The van der Waals surface area contributed by atoms with E-state index in [1.807, 2.05) is 60.7 Å². The number of carbonyl (C=O) groups excluding carboxylic acids is 1. The summed E-state index contributed by atoms with van der Waals surface area (Å²) >= 11 is 6.59. The van der Waals surface area contributed by atoms with Crippen LogP contribution in [0.3, 0.4) is 0 Å². The average Bonchev–Trinajstić information content (AvgIpc) is 2.84. The lowest BCUT2D eigenvalue weighted by atomic mass is 9.95. The molecule has 136 valence electrons. The fraction of sp³-hybridized carbons (Fsp3) is 0.0833. The van der Waals surface area contributed by atoms with Gasteiger partial charge in [0.15, 0.2) is 5.43 Å². The van der Waals surface area contributed by atoms with Gasteiger partial charge >= 0.3 is 5.97 Å². The van der Waals surface area contributed by atoms with Crippen LogP contribution in [0.2, 0.25) is 5.02 Å². The first kappa shape index (κ1) is 17.0. The minimum absolute atomic E-state index is 0.162. The molecular weight excluding hydrogens is 372 g/mol. The largest absolute Gasteiger partial charge is 0.462 e. The van der Waals surface area contributed by atoms with Crippen LogP contribution in [0.15, 0.2) is 65.5 Å². The second-order valence-corrected chi connectivity index (χ2v) is 7.12. The van der Waals surface area contributed by atoms with Gasteiger partial charge in [-0.2, -0.15) is 0 Å². The smallest absolute Gasteiger partial charge is 0.340 e. The summed E-state index contributed by atoms with van der Waals surface area (Å²) in [7, 11) is 0. The molecule has 0 fully saturated rings. The van der Waals surface area contributed by atoms with Gasteiger partial charge in [0.2, 0.25) is 0 Å². The van der Waals surface area contributed by atoms with Crippen molar-refractivity contribution < 1.29 is 9.53 Å². The van der Waals surface area contributed by atoms with Crippen LogP contribution in [0.1, 0.15) is 17.3 Å². The van der Waals surface area contributed by atoms with Gasteiger partial charge in [0.05, 0.1) is 22.6 Å². The van der Waals surface area contributed by atoms with E-state index in [1.165, 1.54) is 0 Å². The predicted molar refractivity (Wildman–Crippen MR) is 115 cm³/mol. The Kier molecular flexibility index (Phi) is 3.74. The molecule has 0 aliphatic heterocycles. The molecular formula is C24H15ClO3. The molecule has 5 aromatic carbocycles. The van der Waals surface area contributed by atoms with Crippen LogP contribution in [-0.4, -0.2) is 12.6 Å². The number of hydrogen-bond acceptors (Lipinski definition) is 3. The lowest BCUT2D eigenvalue weighted by molar-refractivity contribution is 0.0529. The van der Waals surface area contributed by atoms with Crippen molar-refractivity contribution in [3.8, 4) is 0 Å². The molecule has 0 N–H and O–H groups in total. The Morgan fingerprint density at radius 3 is 2.25 bits per heavy atom. The lowest BCUT2D eigenvalue weighted by Gasteiger charge is -2.07. The highest BCUT2D eigenvalue weighted by Gasteiger charge is 2.25. The van der Waals surface area contributed by atoms with E-state index in [0.717, 1.165) is 21.5 Å². The molecule has 0 radical (unpaired) electrons. The quantitative estimate of drug-likeness (QED) is 0.279. The molecule has 5 aromatic rings. The second kappa shape index (κ2) is 6.18. The van der Waals surface area contributed by atoms with Crippen LogP contribution in [0, 0.1) is 0 Å². The Balaban J connectivity index is 2.13. The summed E-state index contributed by atoms with van der Waals surface area (Å²) in [6.07, 6.45) is 0. The maximum Gasteiger partial charge on any atom is 0.340 e. The Morgan fingerprint density at radius 1 is 0.821 bits per heavy atom. The van der Waals surface area contributed by atoms with Gasteiger partial charge < -0.3 is 4.74 Å². The molecule has 0 bridgehead atoms. The lowest BCUT2D eigenvalue weighted by Crippen LogP contribution is -2.05. The molecule has 0 amide bonds. The molecule has 0 spiro atoms. The van der Waals surface area contributed by atoms with Crippen LogP contribution in [0.5, 0.6) is 0 Å². The molecule has 0 aliphatic rings. The number of hydrogen-bond donors (Lipinski definition) is 0. The summed E-state index contributed by atoms with van der Waals surface area (Å²) in [5, 5.41) is 6.35. The van der Waals surface area contributed by atoms with E-state index < -0.39 is 5.97 Å². The topological polar surface area (TPSA) is 43.4 Å². The summed E-state index contributed by atoms with van der Waals surface area (Å²) in [6, 6.07) is 19.3. The fourth-order valence-corrected chi connectivity index (χ4v) is 4.52. The van der Waals surface area contributed by atoms with Crippen molar-refractivity contribution in [1.29, 1.82) is 0 Å². The third-order valence-corrected chi connectivity index (χ3v) is 5.66. The van der Waals surface area contributed by atoms with Gasteiger partial charge in [-0.25, -0.2) is 4.79 Å². The van der Waals surface area contributed by atoms with Gasteiger partial charge in [-0.1, -0.05) is 66.2 Å².